The molecule has 2 aliphatic rings. The highest BCUT2D eigenvalue weighted by Crippen LogP contribution is 2.68. The van der Waals surface area contributed by atoms with Gasteiger partial charge in [-0.2, -0.15) is 0 Å². The molecule has 4 heteroatoms. The van der Waals surface area contributed by atoms with E-state index in [1.54, 1.807) is 0 Å². The molecule has 0 aromatic heterocycles. The summed E-state index contributed by atoms with van der Waals surface area (Å²) in [5.41, 5.74) is 0.222. The number of hydrogen-bond acceptors (Lipinski definition) is 4. The number of fused-ring (bicyclic) bond motifs is 2. The van der Waals surface area contributed by atoms with Crippen LogP contribution in [-0.4, -0.2) is 19.0 Å². The Bertz CT molecular complexity index is 447. The number of allylic oxidation sites excluding steroid dienone is 1. The zero-order valence-corrected chi connectivity index (χ0v) is 11.6. The molecule has 4 nitrogen and oxygen atoms in total. The normalized spacial score (nSPS) is 32.6. The fourth-order valence-corrected chi connectivity index (χ4v) is 3.52. The van der Waals surface area contributed by atoms with Gasteiger partial charge in [-0.15, -0.1) is 0 Å². The minimum atomic E-state index is -0.379. The molecule has 2 bridgehead atoms. The molecule has 2 rings (SSSR count). The summed E-state index contributed by atoms with van der Waals surface area (Å²) in [7, 11) is 1.36. The average Bonchev–Trinajstić information content (AvgIpc) is 2.59. The molecule has 18 heavy (non-hydrogen) atoms. The van der Waals surface area contributed by atoms with Gasteiger partial charge in [-0.25, -0.2) is 4.79 Å². The molecular weight excluding hydrogens is 232 g/mol. The third-order valence-electron chi connectivity index (χ3n) is 4.97. The van der Waals surface area contributed by atoms with Gasteiger partial charge in [-0.05, 0) is 18.3 Å². The van der Waals surface area contributed by atoms with Crippen molar-refractivity contribution in [2.75, 3.05) is 7.11 Å². The summed E-state index contributed by atoms with van der Waals surface area (Å²) in [5.74, 6) is -0.101. The van der Waals surface area contributed by atoms with Gasteiger partial charge < -0.3 is 9.47 Å². The fraction of sp³-hybridized carbons (Fsp3) is 0.714. The first-order valence-electron chi connectivity index (χ1n) is 6.27. The standard InChI is InChI=1S/C14H20O4/c1-8(15)18-11-10(12(16)17-5)9-6-7-14(11,4)13(9,2)3/h9H,6-7H2,1-5H3/t9-,14+/m1/s1. The maximum Gasteiger partial charge on any atom is 0.337 e. The second-order valence-electron chi connectivity index (χ2n) is 5.97. The van der Waals surface area contributed by atoms with E-state index >= 15 is 0 Å². The molecule has 0 N–H and O–H groups in total. The molecule has 0 aromatic rings. The lowest BCUT2D eigenvalue weighted by atomic mass is 9.69. The highest BCUT2D eigenvalue weighted by atomic mass is 16.5. The Morgan fingerprint density at radius 3 is 2.39 bits per heavy atom. The van der Waals surface area contributed by atoms with E-state index in [-0.39, 0.29) is 28.7 Å². The van der Waals surface area contributed by atoms with Crippen LogP contribution in [0.4, 0.5) is 0 Å². The van der Waals surface area contributed by atoms with E-state index in [1.165, 1.54) is 14.0 Å². The van der Waals surface area contributed by atoms with Crippen molar-refractivity contribution in [2.45, 2.75) is 40.5 Å². The summed E-state index contributed by atoms with van der Waals surface area (Å²) < 4.78 is 10.2. The molecule has 1 saturated carbocycles. The molecule has 0 aromatic carbocycles. The van der Waals surface area contributed by atoms with Gasteiger partial charge in [0.05, 0.1) is 12.7 Å². The van der Waals surface area contributed by atoms with Crippen LogP contribution in [0.25, 0.3) is 0 Å². The minimum absolute atomic E-state index is 0.0820. The largest absolute Gasteiger partial charge is 0.466 e. The van der Waals surface area contributed by atoms with Gasteiger partial charge in [0, 0.05) is 18.3 Å². The molecule has 0 amide bonds. The number of carbonyl (C=O) groups excluding carboxylic acids is 2. The van der Waals surface area contributed by atoms with Gasteiger partial charge in [0.2, 0.25) is 0 Å². The van der Waals surface area contributed by atoms with Gasteiger partial charge in [-0.3, -0.25) is 4.79 Å². The highest BCUT2D eigenvalue weighted by molar-refractivity contribution is 5.92. The average molecular weight is 252 g/mol. The lowest BCUT2D eigenvalue weighted by Gasteiger charge is -2.35. The Morgan fingerprint density at radius 1 is 1.28 bits per heavy atom. The van der Waals surface area contributed by atoms with Crippen LogP contribution >= 0.6 is 0 Å². The first-order valence-corrected chi connectivity index (χ1v) is 6.27. The maximum absolute atomic E-state index is 12.0. The molecule has 0 radical (unpaired) electrons. The summed E-state index contributed by atoms with van der Waals surface area (Å²) in [5, 5.41) is 0. The molecule has 0 spiro atoms. The second-order valence-corrected chi connectivity index (χ2v) is 5.97. The lowest BCUT2D eigenvalue weighted by Crippen LogP contribution is -2.31. The van der Waals surface area contributed by atoms with Gasteiger partial charge in [0.1, 0.15) is 5.76 Å². The first kappa shape index (κ1) is 13.1. The minimum Gasteiger partial charge on any atom is -0.466 e. The topological polar surface area (TPSA) is 52.6 Å². The molecule has 1 fully saturated rings. The molecule has 2 atom stereocenters. The van der Waals surface area contributed by atoms with Gasteiger partial charge in [0.25, 0.3) is 0 Å². The summed E-state index contributed by atoms with van der Waals surface area (Å²) in [6.45, 7) is 7.69. The monoisotopic (exact) mass is 252 g/mol. The van der Waals surface area contributed by atoms with Crippen LogP contribution in [0.2, 0.25) is 0 Å². The molecule has 100 valence electrons. The van der Waals surface area contributed by atoms with E-state index < -0.39 is 0 Å². The lowest BCUT2D eigenvalue weighted by molar-refractivity contribution is -0.140. The highest BCUT2D eigenvalue weighted by Gasteiger charge is 2.64. The van der Waals surface area contributed by atoms with E-state index in [0.29, 0.717) is 11.3 Å². The van der Waals surface area contributed by atoms with E-state index in [4.69, 9.17) is 9.47 Å². The maximum atomic E-state index is 12.0. The Balaban J connectivity index is 2.55. The number of esters is 2. The predicted molar refractivity (Wildman–Crippen MR) is 65.4 cm³/mol. The number of carbonyl (C=O) groups is 2. The second kappa shape index (κ2) is 3.84. The predicted octanol–water partition coefficient (Wildman–Crippen LogP) is 2.43. The summed E-state index contributed by atoms with van der Waals surface area (Å²) in [6, 6.07) is 0. The molecule has 0 heterocycles. The number of ether oxygens (including phenoxy) is 2. The Kier molecular flexibility index (Phi) is 2.80. The molecule has 0 aliphatic heterocycles. The molecule has 0 saturated heterocycles. The summed E-state index contributed by atoms with van der Waals surface area (Å²) in [4.78, 5) is 23.2. The van der Waals surface area contributed by atoms with E-state index in [0.717, 1.165) is 12.8 Å². The summed E-state index contributed by atoms with van der Waals surface area (Å²) in [6.07, 6.45) is 1.88. The van der Waals surface area contributed by atoms with Crippen LogP contribution in [0.1, 0.15) is 40.5 Å². The zero-order valence-electron chi connectivity index (χ0n) is 11.6. The number of rotatable bonds is 2. The molecular formula is C14H20O4. The van der Waals surface area contributed by atoms with Crippen LogP contribution in [0.3, 0.4) is 0 Å². The van der Waals surface area contributed by atoms with E-state index in [1.807, 2.05) is 0 Å². The van der Waals surface area contributed by atoms with Crippen molar-refractivity contribution in [1.82, 2.24) is 0 Å². The van der Waals surface area contributed by atoms with Crippen molar-refractivity contribution in [3.63, 3.8) is 0 Å². The van der Waals surface area contributed by atoms with Gasteiger partial charge in [-0.1, -0.05) is 20.8 Å². The van der Waals surface area contributed by atoms with Crippen molar-refractivity contribution in [2.24, 2.45) is 16.7 Å². The quantitative estimate of drug-likeness (QED) is 0.708. The Labute approximate surface area is 107 Å². The van der Waals surface area contributed by atoms with Crippen LogP contribution in [0.15, 0.2) is 11.3 Å². The number of hydrogen-bond donors (Lipinski definition) is 0. The third-order valence-corrected chi connectivity index (χ3v) is 4.97. The zero-order chi connectivity index (χ0) is 13.7. The molecule has 2 aliphatic carbocycles. The van der Waals surface area contributed by atoms with Crippen LogP contribution in [0, 0.1) is 16.7 Å². The number of methoxy groups -OCH3 is 1. The summed E-state index contributed by atoms with van der Waals surface area (Å²) >= 11 is 0. The van der Waals surface area contributed by atoms with E-state index in [2.05, 4.69) is 20.8 Å². The SMILES string of the molecule is COC(=O)C1=C(OC(C)=O)[C@]2(C)CC[C@H]1C2(C)C. The first-order chi connectivity index (χ1) is 8.25. The fourth-order valence-electron chi connectivity index (χ4n) is 3.52. The van der Waals surface area contributed by atoms with Crippen LogP contribution in [-0.2, 0) is 19.1 Å². The third kappa shape index (κ3) is 1.44. The van der Waals surface area contributed by atoms with Crippen molar-refractivity contribution in [3.05, 3.63) is 11.3 Å². The van der Waals surface area contributed by atoms with Gasteiger partial charge >= 0.3 is 11.9 Å². The van der Waals surface area contributed by atoms with E-state index in [9.17, 15) is 9.59 Å². The van der Waals surface area contributed by atoms with Crippen molar-refractivity contribution in [3.8, 4) is 0 Å². The van der Waals surface area contributed by atoms with Crippen molar-refractivity contribution in [1.29, 1.82) is 0 Å². The van der Waals surface area contributed by atoms with Gasteiger partial charge in [0.15, 0.2) is 0 Å². The Morgan fingerprint density at radius 2 is 1.89 bits per heavy atom. The molecule has 0 unspecified atom stereocenters. The van der Waals surface area contributed by atoms with Crippen molar-refractivity contribution >= 4 is 11.9 Å². The van der Waals surface area contributed by atoms with Crippen molar-refractivity contribution < 1.29 is 19.1 Å². The smallest absolute Gasteiger partial charge is 0.337 e. The van der Waals surface area contributed by atoms with Crippen LogP contribution < -0.4 is 0 Å². The Hall–Kier alpha value is -1.32. The van der Waals surface area contributed by atoms with Crippen LogP contribution in [0.5, 0.6) is 0 Å².